The zero-order valence-corrected chi connectivity index (χ0v) is 23.9. The molecule has 0 saturated carbocycles. The number of ether oxygens (including phenoxy) is 2. The summed E-state index contributed by atoms with van der Waals surface area (Å²) in [6, 6.07) is 12.8. The summed E-state index contributed by atoms with van der Waals surface area (Å²) < 4.78 is 12.2. The van der Waals surface area contributed by atoms with Gasteiger partial charge in [0.2, 0.25) is 11.9 Å². The van der Waals surface area contributed by atoms with Crippen LogP contribution in [0.15, 0.2) is 54.9 Å². The van der Waals surface area contributed by atoms with Gasteiger partial charge in [-0.1, -0.05) is 43.5 Å². The number of halogens is 1. The first-order valence-electron chi connectivity index (χ1n) is 14.3. The van der Waals surface area contributed by atoms with Gasteiger partial charge >= 0.3 is 0 Å². The van der Waals surface area contributed by atoms with Crippen LogP contribution in [0.3, 0.4) is 0 Å². The van der Waals surface area contributed by atoms with Crippen molar-refractivity contribution in [2.45, 2.75) is 52.0 Å². The molecule has 8 nitrogen and oxygen atoms in total. The fourth-order valence-corrected chi connectivity index (χ4v) is 5.44. The molecule has 40 heavy (non-hydrogen) atoms. The lowest BCUT2D eigenvalue weighted by Gasteiger charge is -2.31. The highest BCUT2D eigenvalue weighted by Crippen LogP contribution is 2.36. The molecule has 2 aromatic carbocycles. The predicted molar refractivity (Wildman–Crippen MR) is 158 cm³/mol. The van der Waals surface area contributed by atoms with Crippen molar-refractivity contribution in [1.82, 2.24) is 14.9 Å². The van der Waals surface area contributed by atoms with Gasteiger partial charge in [-0.3, -0.25) is 9.69 Å². The first-order chi connectivity index (χ1) is 19.5. The molecule has 1 atom stereocenters. The van der Waals surface area contributed by atoms with E-state index in [0.717, 1.165) is 56.8 Å². The molecule has 2 aliphatic heterocycles. The van der Waals surface area contributed by atoms with Gasteiger partial charge in [-0.15, -0.1) is 0 Å². The molecule has 1 amide bonds. The molecule has 212 valence electrons. The number of para-hydroxylation sites is 2. The summed E-state index contributed by atoms with van der Waals surface area (Å²) in [6.45, 7) is 6.52. The number of carbonyl (C=O) groups is 1. The van der Waals surface area contributed by atoms with Gasteiger partial charge in [0.05, 0.1) is 18.8 Å². The fraction of sp³-hybridized carbons (Fsp3) is 0.452. The van der Waals surface area contributed by atoms with Crippen molar-refractivity contribution in [1.29, 1.82) is 0 Å². The van der Waals surface area contributed by atoms with E-state index in [1.807, 2.05) is 36.7 Å². The Kier molecular flexibility index (Phi) is 9.73. The number of hydrogen-bond donors (Lipinski definition) is 1. The molecule has 1 saturated heterocycles. The summed E-state index contributed by atoms with van der Waals surface area (Å²) in [7, 11) is 0. The lowest BCUT2D eigenvalue weighted by atomic mass is 10.0. The Morgan fingerprint density at radius 3 is 2.60 bits per heavy atom. The zero-order chi connectivity index (χ0) is 27.7. The third kappa shape index (κ3) is 7.86. The summed E-state index contributed by atoms with van der Waals surface area (Å²) in [5, 5.41) is 3.53. The van der Waals surface area contributed by atoms with Gasteiger partial charge in [0.1, 0.15) is 0 Å². The molecule has 2 aliphatic rings. The number of hydrogen-bond acceptors (Lipinski definition) is 7. The Labute approximate surface area is 241 Å². The Morgan fingerprint density at radius 1 is 0.975 bits per heavy atom. The molecule has 1 fully saturated rings. The molecule has 0 bridgehead atoms. The molecule has 0 spiro atoms. The highest BCUT2D eigenvalue weighted by molar-refractivity contribution is 6.31. The minimum absolute atomic E-state index is 0.136. The van der Waals surface area contributed by atoms with Crippen LogP contribution in [-0.4, -0.2) is 53.6 Å². The number of benzene rings is 2. The summed E-state index contributed by atoms with van der Waals surface area (Å²) in [5.74, 6) is 3.09. The molecule has 9 heteroatoms. The van der Waals surface area contributed by atoms with Crippen LogP contribution in [0, 0.1) is 5.92 Å². The number of amides is 1. The predicted octanol–water partition coefficient (Wildman–Crippen LogP) is 6.55. The van der Waals surface area contributed by atoms with Gasteiger partial charge in [-0.25, -0.2) is 9.97 Å². The van der Waals surface area contributed by atoms with E-state index in [1.54, 1.807) is 18.2 Å². The van der Waals surface area contributed by atoms with Crippen LogP contribution in [0.25, 0.3) is 0 Å². The smallest absolute Gasteiger partial charge is 0.238 e. The number of nitrogens with zero attached hydrogens (tertiary/aromatic N) is 4. The van der Waals surface area contributed by atoms with Crippen LogP contribution in [0.1, 0.15) is 51.0 Å². The molecule has 1 aromatic heterocycles. The first-order valence-corrected chi connectivity index (χ1v) is 14.7. The maximum atomic E-state index is 13.3. The standard InChI is InChI=1S/C31H38ClN5O3/c1-23-9-8-15-37(20-23)31-33-18-24(19-34-31)21-36-14-6-2-3-7-16-39-28-10-4-5-11-29(28)40-27-13-12-25(32)17-26(27)35-30(38)22-36/h4-5,10-13,17-19,23H,2-3,6-9,14-16,20-22H2,1H3,(H,35,38). The minimum atomic E-state index is -0.136. The van der Waals surface area contributed by atoms with Crippen LogP contribution in [0.5, 0.6) is 17.2 Å². The van der Waals surface area contributed by atoms with Crippen molar-refractivity contribution >= 4 is 29.1 Å². The van der Waals surface area contributed by atoms with E-state index in [4.69, 9.17) is 21.1 Å². The Hall–Kier alpha value is -3.36. The van der Waals surface area contributed by atoms with Crippen molar-refractivity contribution < 1.29 is 14.3 Å². The fourth-order valence-electron chi connectivity index (χ4n) is 5.26. The Balaban J connectivity index is 1.31. The summed E-state index contributed by atoms with van der Waals surface area (Å²) in [4.78, 5) is 27.0. The van der Waals surface area contributed by atoms with E-state index in [2.05, 4.69) is 32.0 Å². The number of piperidine rings is 1. The third-order valence-electron chi connectivity index (χ3n) is 7.32. The molecule has 0 aliphatic carbocycles. The Bertz CT molecular complexity index is 1270. The van der Waals surface area contributed by atoms with Gasteiger partial charge in [0.25, 0.3) is 0 Å². The number of aromatic nitrogens is 2. The van der Waals surface area contributed by atoms with E-state index >= 15 is 0 Å². The first kappa shape index (κ1) is 28.2. The highest BCUT2D eigenvalue weighted by atomic mass is 35.5. The second kappa shape index (κ2) is 13.8. The average Bonchev–Trinajstić information content (AvgIpc) is 2.94. The van der Waals surface area contributed by atoms with Crippen LogP contribution in [0.4, 0.5) is 11.6 Å². The van der Waals surface area contributed by atoms with Crippen molar-refractivity contribution in [3.63, 3.8) is 0 Å². The highest BCUT2D eigenvalue weighted by Gasteiger charge is 2.20. The zero-order valence-electron chi connectivity index (χ0n) is 23.2. The molecular weight excluding hydrogens is 526 g/mol. The van der Waals surface area contributed by atoms with Gasteiger partial charge in [0, 0.05) is 42.6 Å². The van der Waals surface area contributed by atoms with Crippen molar-refractivity contribution in [3.8, 4) is 17.2 Å². The molecule has 1 N–H and O–H groups in total. The molecular formula is C31H38ClN5O3. The lowest BCUT2D eigenvalue weighted by Crippen LogP contribution is -2.35. The number of anilines is 2. The maximum absolute atomic E-state index is 13.3. The molecule has 0 radical (unpaired) electrons. The van der Waals surface area contributed by atoms with E-state index in [-0.39, 0.29) is 12.5 Å². The van der Waals surface area contributed by atoms with Gasteiger partial charge in [-0.2, -0.15) is 0 Å². The summed E-state index contributed by atoms with van der Waals surface area (Å²) in [6.07, 6.45) is 10.3. The second-order valence-electron chi connectivity index (χ2n) is 10.8. The maximum Gasteiger partial charge on any atom is 0.238 e. The molecule has 1 unspecified atom stereocenters. The SMILES string of the molecule is CC1CCCN(c2ncc(CN3CCCCCCOc4ccccc4Oc4ccc(Cl)cc4NC(=O)C3)cn2)C1. The quantitative estimate of drug-likeness (QED) is 0.387. The van der Waals surface area contributed by atoms with Gasteiger partial charge < -0.3 is 19.7 Å². The van der Waals surface area contributed by atoms with Crippen molar-refractivity contribution in [2.75, 3.05) is 43.0 Å². The van der Waals surface area contributed by atoms with Crippen molar-refractivity contribution in [2.24, 2.45) is 5.92 Å². The van der Waals surface area contributed by atoms with Crippen LogP contribution >= 0.6 is 11.6 Å². The minimum Gasteiger partial charge on any atom is -0.490 e. The molecule has 3 aromatic rings. The van der Waals surface area contributed by atoms with Crippen LogP contribution in [0.2, 0.25) is 5.02 Å². The monoisotopic (exact) mass is 563 g/mol. The number of fused-ring (bicyclic) bond motifs is 2. The number of carbonyl (C=O) groups excluding carboxylic acids is 1. The van der Waals surface area contributed by atoms with Gasteiger partial charge in [-0.05, 0) is 68.5 Å². The topological polar surface area (TPSA) is 79.8 Å². The second-order valence-corrected chi connectivity index (χ2v) is 11.2. The summed E-state index contributed by atoms with van der Waals surface area (Å²) in [5.41, 5.74) is 1.51. The molecule has 5 rings (SSSR count). The number of nitrogens with one attached hydrogen (secondary N) is 1. The summed E-state index contributed by atoms with van der Waals surface area (Å²) >= 11 is 6.29. The Morgan fingerprint density at radius 2 is 1.77 bits per heavy atom. The lowest BCUT2D eigenvalue weighted by molar-refractivity contribution is -0.117. The van der Waals surface area contributed by atoms with E-state index in [0.29, 0.717) is 47.0 Å². The van der Waals surface area contributed by atoms with E-state index < -0.39 is 0 Å². The van der Waals surface area contributed by atoms with Crippen LogP contribution < -0.4 is 19.7 Å². The van der Waals surface area contributed by atoms with E-state index in [9.17, 15) is 4.79 Å². The largest absolute Gasteiger partial charge is 0.490 e. The van der Waals surface area contributed by atoms with Gasteiger partial charge in [0.15, 0.2) is 17.2 Å². The van der Waals surface area contributed by atoms with E-state index in [1.165, 1.54) is 12.8 Å². The normalized spacial score (nSPS) is 19.5. The third-order valence-corrected chi connectivity index (χ3v) is 7.55. The van der Waals surface area contributed by atoms with Crippen LogP contribution in [-0.2, 0) is 11.3 Å². The van der Waals surface area contributed by atoms with Crippen molar-refractivity contribution in [3.05, 3.63) is 65.4 Å². The average molecular weight is 564 g/mol. The molecule has 3 heterocycles. The number of rotatable bonds is 3.